The summed E-state index contributed by atoms with van der Waals surface area (Å²) in [4.78, 5) is 5.77. The van der Waals surface area contributed by atoms with Gasteiger partial charge in [0, 0.05) is 10.4 Å². The number of aryl methyl sites for hydroxylation is 2. The van der Waals surface area contributed by atoms with Crippen LogP contribution >= 0.6 is 11.3 Å². The van der Waals surface area contributed by atoms with Crippen molar-refractivity contribution in [2.45, 2.75) is 65.2 Å². The van der Waals surface area contributed by atoms with Gasteiger partial charge in [0.15, 0.2) is 0 Å². The molecule has 3 aromatic rings. The van der Waals surface area contributed by atoms with Crippen LogP contribution in [0.1, 0.15) is 72.9 Å². The molecule has 1 N–H and O–H groups in total. The lowest BCUT2D eigenvalue weighted by molar-refractivity contribution is -0.137. The molecule has 0 aliphatic rings. The summed E-state index contributed by atoms with van der Waals surface area (Å²) >= 11 is 1.48. The maximum absolute atomic E-state index is 12.9. The van der Waals surface area contributed by atoms with Gasteiger partial charge in [-0.15, -0.1) is 11.3 Å². The first-order chi connectivity index (χ1) is 15.6. The predicted molar refractivity (Wildman–Crippen MR) is 127 cm³/mol. The lowest BCUT2D eigenvalue weighted by Gasteiger charge is -2.14. The Morgan fingerprint density at radius 2 is 1.79 bits per heavy atom. The van der Waals surface area contributed by atoms with Crippen molar-refractivity contribution in [3.63, 3.8) is 0 Å². The zero-order chi connectivity index (χ0) is 24.2. The van der Waals surface area contributed by atoms with Gasteiger partial charge in [0.25, 0.3) is 0 Å². The Kier molecular flexibility index (Phi) is 8.19. The second-order valence-corrected chi connectivity index (χ2v) is 9.57. The van der Waals surface area contributed by atoms with E-state index in [0.29, 0.717) is 30.0 Å². The van der Waals surface area contributed by atoms with Crippen LogP contribution in [0.5, 0.6) is 5.75 Å². The Bertz CT molecular complexity index is 1060. The number of aliphatic hydroxyl groups is 1. The van der Waals surface area contributed by atoms with Gasteiger partial charge in [0.05, 0.1) is 24.0 Å². The first-order valence-electron chi connectivity index (χ1n) is 11.2. The van der Waals surface area contributed by atoms with Crippen LogP contribution in [0.25, 0.3) is 10.6 Å². The molecule has 0 saturated carbocycles. The molecule has 3 nitrogen and oxygen atoms in total. The van der Waals surface area contributed by atoms with Crippen LogP contribution < -0.4 is 4.74 Å². The van der Waals surface area contributed by atoms with E-state index in [2.05, 4.69) is 6.92 Å². The van der Waals surface area contributed by atoms with Crippen LogP contribution in [0.4, 0.5) is 13.2 Å². The van der Waals surface area contributed by atoms with Gasteiger partial charge in [0.1, 0.15) is 10.8 Å². The van der Waals surface area contributed by atoms with Crippen molar-refractivity contribution in [3.05, 3.63) is 69.7 Å². The molecule has 1 atom stereocenters. The molecule has 0 aliphatic heterocycles. The first-order valence-corrected chi connectivity index (χ1v) is 12.0. The van der Waals surface area contributed by atoms with E-state index in [-0.39, 0.29) is 5.92 Å². The molecule has 3 rings (SSSR count). The van der Waals surface area contributed by atoms with Gasteiger partial charge in [0.2, 0.25) is 0 Å². The summed E-state index contributed by atoms with van der Waals surface area (Å²) in [6.45, 7) is 8.78. The maximum atomic E-state index is 12.9. The molecular formula is C26H30F3NO2S. The minimum absolute atomic E-state index is 0.175. The van der Waals surface area contributed by atoms with Gasteiger partial charge in [-0.05, 0) is 67.5 Å². The van der Waals surface area contributed by atoms with Gasteiger partial charge < -0.3 is 9.84 Å². The smallest absolute Gasteiger partial charge is 0.416 e. The number of hydrogen-bond donors (Lipinski definition) is 1. The Morgan fingerprint density at radius 1 is 1.09 bits per heavy atom. The van der Waals surface area contributed by atoms with Crippen LogP contribution in [0, 0.1) is 6.92 Å². The van der Waals surface area contributed by atoms with Gasteiger partial charge in [-0.25, -0.2) is 4.98 Å². The number of rotatable bonds is 9. The summed E-state index contributed by atoms with van der Waals surface area (Å²) in [7, 11) is 0. The number of hydrogen-bond acceptors (Lipinski definition) is 4. The van der Waals surface area contributed by atoms with E-state index in [1.54, 1.807) is 0 Å². The van der Waals surface area contributed by atoms with Gasteiger partial charge in [-0.3, -0.25) is 0 Å². The summed E-state index contributed by atoms with van der Waals surface area (Å²) in [5, 5.41) is 11.5. The minimum atomic E-state index is -4.36. The van der Waals surface area contributed by atoms with Crippen LogP contribution in [-0.4, -0.2) is 16.7 Å². The third kappa shape index (κ3) is 6.36. The molecule has 0 bridgehead atoms. The third-order valence-electron chi connectivity index (χ3n) is 5.42. The molecule has 0 unspecified atom stereocenters. The van der Waals surface area contributed by atoms with E-state index in [1.807, 2.05) is 39.0 Å². The maximum Gasteiger partial charge on any atom is 0.416 e. The number of halogens is 3. The molecule has 1 heterocycles. The number of alkyl halides is 3. The summed E-state index contributed by atoms with van der Waals surface area (Å²) in [5.41, 5.74) is 2.76. The zero-order valence-electron chi connectivity index (χ0n) is 19.4. The van der Waals surface area contributed by atoms with Crippen molar-refractivity contribution in [1.29, 1.82) is 0 Å². The third-order valence-corrected chi connectivity index (χ3v) is 6.60. The second kappa shape index (κ2) is 10.7. The van der Waals surface area contributed by atoms with E-state index in [0.717, 1.165) is 46.0 Å². The van der Waals surface area contributed by atoms with Crippen LogP contribution in [0.3, 0.4) is 0 Å². The van der Waals surface area contributed by atoms with Crippen molar-refractivity contribution in [3.8, 4) is 16.3 Å². The number of aliphatic hydroxyl groups excluding tert-OH is 1. The lowest BCUT2D eigenvalue weighted by atomic mass is 10.00. The van der Waals surface area contributed by atoms with Crippen LogP contribution in [-0.2, 0) is 12.6 Å². The fraction of sp³-hybridized carbons (Fsp3) is 0.423. The molecule has 1 aromatic heterocycles. The average molecular weight is 478 g/mol. The van der Waals surface area contributed by atoms with Crippen molar-refractivity contribution in [2.75, 3.05) is 6.61 Å². The van der Waals surface area contributed by atoms with E-state index in [4.69, 9.17) is 9.72 Å². The first kappa shape index (κ1) is 25.2. The predicted octanol–water partition coefficient (Wildman–Crippen LogP) is 7.72. The molecule has 0 spiro atoms. The lowest BCUT2D eigenvalue weighted by Crippen LogP contribution is -2.03. The summed E-state index contributed by atoms with van der Waals surface area (Å²) in [6, 6.07) is 10.9. The fourth-order valence-corrected chi connectivity index (χ4v) is 4.84. The van der Waals surface area contributed by atoms with Crippen molar-refractivity contribution in [2.24, 2.45) is 0 Å². The van der Waals surface area contributed by atoms with Crippen LogP contribution in [0.2, 0.25) is 0 Å². The SMILES string of the molecule is CCCOc1ccc([C@@H](O)CCc2sc(-c3ccc(C(F)(F)F)cc3)nc2C(C)C)cc1C. The quantitative estimate of drug-likeness (QED) is 0.343. The second-order valence-electron chi connectivity index (χ2n) is 8.49. The van der Waals surface area contributed by atoms with Crippen molar-refractivity contribution >= 4 is 11.3 Å². The highest BCUT2D eigenvalue weighted by Crippen LogP contribution is 2.36. The fourth-order valence-electron chi connectivity index (χ4n) is 3.61. The van der Waals surface area contributed by atoms with Gasteiger partial charge >= 0.3 is 6.18 Å². The normalized spacial score (nSPS) is 12.9. The van der Waals surface area contributed by atoms with Crippen molar-refractivity contribution < 1.29 is 23.0 Å². The molecule has 2 aromatic carbocycles. The molecule has 33 heavy (non-hydrogen) atoms. The van der Waals surface area contributed by atoms with E-state index >= 15 is 0 Å². The zero-order valence-corrected chi connectivity index (χ0v) is 20.2. The molecule has 0 fully saturated rings. The molecule has 178 valence electrons. The number of benzene rings is 2. The molecule has 0 aliphatic carbocycles. The van der Waals surface area contributed by atoms with Crippen molar-refractivity contribution in [1.82, 2.24) is 4.98 Å². The number of thiazole rings is 1. The van der Waals surface area contributed by atoms with Gasteiger partial charge in [-0.2, -0.15) is 13.2 Å². The Hall–Kier alpha value is -2.38. The van der Waals surface area contributed by atoms with E-state index < -0.39 is 17.8 Å². The summed E-state index contributed by atoms with van der Waals surface area (Å²) < 4.78 is 44.3. The molecule has 0 radical (unpaired) electrons. The summed E-state index contributed by atoms with van der Waals surface area (Å²) in [6.07, 6.45) is -2.88. The highest BCUT2D eigenvalue weighted by atomic mass is 32.1. The highest BCUT2D eigenvalue weighted by molar-refractivity contribution is 7.15. The van der Waals surface area contributed by atoms with E-state index in [1.165, 1.54) is 23.5 Å². The minimum Gasteiger partial charge on any atom is -0.493 e. The average Bonchev–Trinajstić information content (AvgIpc) is 3.21. The number of aromatic nitrogens is 1. The number of nitrogens with zero attached hydrogens (tertiary/aromatic N) is 1. The summed E-state index contributed by atoms with van der Waals surface area (Å²) in [5.74, 6) is 1.01. The molecule has 7 heteroatoms. The Morgan fingerprint density at radius 3 is 2.36 bits per heavy atom. The van der Waals surface area contributed by atoms with Gasteiger partial charge in [-0.1, -0.05) is 39.0 Å². The highest BCUT2D eigenvalue weighted by Gasteiger charge is 2.30. The standard InChI is InChI=1S/C26H30F3NO2S/c1-5-14-32-22-12-8-19(15-17(22)4)21(31)11-13-23-24(16(2)3)30-25(33-23)18-6-9-20(10-7-18)26(27,28)29/h6-10,12,15-16,21,31H,5,11,13-14H2,1-4H3/t21-/m0/s1. The van der Waals surface area contributed by atoms with E-state index in [9.17, 15) is 18.3 Å². The topological polar surface area (TPSA) is 42.4 Å². The molecular weight excluding hydrogens is 447 g/mol. The Balaban J connectivity index is 1.74. The Labute approximate surface area is 197 Å². The largest absolute Gasteiger partial charge is 0.493 e. The molecule has 0 amide bonds. The van der Waals surface area contributed by atoms with Crippen LogP contribution in [0.15, 0.2) is 42.5 Å². The molecule has 0 saturated heterocycles. The monoisotopic (exact) mass is 477 g/mol. The number of ether oxygens (including phenoxy) is 1.